The molecule has 4 aliphatic rings. The molecule has 1 aromatic carbocycles. The molecular weight excluding hydrogens is 260 g/mol. The summed E-state index contributed by atoms with van der Waals surface area (Å²) in [5.41, 5.74) is 14.1. The van der Waals surface area contributed by atoms with E-state index in [4.69, 9.17) is 10.3 Å². The number of benzene rings is 1. The van der Waals surface area contributed by atoms with Crippen molar-refractivity contribution in [1.82, 2.24) is 5.16 Å². The Morgan fingerprint density at radius 3 is 2.90 bits per heavy atom. The minimum atomic E-state index is 0.0800. The van der Waals surface area contributed by atoms with Gasteiger partial charge in [-0.05, 0) is 74.1 Å². The molecule has 0 amide bonds. The molecule has 0 aliphatic heterocycles. The Bertz CT molecular complexity index is 770. The van der Waals surface area contributed by atoms with E-state index in [1.807, 2.05) is 0 Å². The van der Waals surface area contributed by atoms with Gasteiger partial charge in [0.15, 0.2) is 0 Å². The summed E-state index contributed by atoms with van der Waals surface area (Å²) in [5, 5.41) is 4.53. The molecule has 4 aliphatic carbocycles. The first-order chi connectivity index (χ1) is 10.1. The van der Waals surface area contributed by atoms with Gasteiger partial charge in [0, 0.05) is 16.7 Å². The lowest BCUT2D eigenvalue weighted by Crippen LogP contribution is -2.48. The third-order valence-electron chi connectivity index (χ3n) is 6.40. The molecule has 2 bridgehead atoms. The largest absolute Gasteiger partial charge is 0.399 e. The Kier molecular flexibility index (Phi) is 1.98. The fourth-order valence-electron chi connectivity index (χ4n) is 5.35. The molecule has 1 fully saturated rings. The van der Waals surface area contributed by atoms with Gasteiger partial charge < -0.3 is 10.3 Å². The highest BCUT2D eigenvalue weighted by molar-refractivity contribution is 5.63. The van der Waals surface area contributed by atoms with Gasteiger partial charge >= 0.3 is 0 Å². The zero-order valence-corrected chi connectivity index (χ0v) is 12.6. The number of anilines is 1. The SMILES string of the molecule is Cc1onc2c1C1CC(C1)[C@@]21CCc2ccc(N)c(C)c21. The number of nitrogen functional groups attached to an aromatic ring is 1. The lowest BCUT2D eigenvalue weighted by molar-refractivity contribution is 0.131. The first-order valence-electron chi connectivity index (χ1n) is 7.98. The summed E-state index contributed by atoms with van der Waals surface area (Å²) >= 11 is 0. The quantitative estimate of drug-likeness (QED) is 0.750. The Hall–Kier alpha value is -1.77. The van der Waals surface area contributed by atoms with E-state index in [0.29, 0.717) is 5.92 Å². The van der Waals surface area contributed by atoms with Gasteiger partial charge in [-0.3, -0.25) is 0 Å². The number of aromatic nitrogens is 1. The van der Waals surface area contributed by atoms with Gasteiger partial charge in [0.25, 0.3) is 0 Å². The van der Waals surface area contributed by atoms with Gasteiger partial charge in [-0.25, -0.2) is 0 Å². The van der Waals surface area contributed by atoms with Gasteiger partial charge in [0.1, 0.15) is 5.76 Å². The second-order valence-electron chi connectivity index (χ2n) is 7.15. The van der Waals surface area contributed by atoms with Crippen molar-refractivity contribution >= 4 is 5.69 Å². The third-order valence-corrected chi connectivity index (χ3v) is 6.40. The summed E-state index contributed by atoms with van der Waals surface area (Å²) in [6.45, 7) is 4.25. The zero-order chi connectivity index (χ0) is 14.4. The van der Waals surface area contributed by atoms with E-state index < -0.39 is 0 Å². The highest BCUT2D eigenvalue weighted by atomic mass is 16.5. The molecule has 1 aromatic heterocycles. The number of aryl methyl sites for hydroxylation is 2. The van der Waals surface area contributed by atoms with Crippen LogP contribution in [0, 0.1) is 19.8 Å². The Labute approximate surface area is 124 Å². The Balaban J connectivity index is 1.86. The Morgan fingerprint density at radius 1 is 1.29 bits per heavy atom. The standard InChI is InChI=1S/C18H20N2O/c1-9-14(19)4-3-11-5-6-18(16(9)11)13-7-12(8-13)15-10(2)21-20-17(15)18/h3-4,12-13H,5-8,19H2,1-2H3/t12?,13?,18-/m1/s1. The van der Waals surface area contributed by atoms with Crippen LogP contribution in [0.3, 0.4) is 0 Å². The lowest BCUT2D eigenvalue weighted by atomic mass is 9.49. The molecule has 1 spiro atoms. The number of hydrogen-bond donors (Lipinski definition) is 1. The van der Waals surface area contributed by atoms with Crippen LogP contribution in [0.4, 0.5) is 5.69 Å². The van der Waals surface area contributed by atoms with Crippen LogP contribution in [0.5, 0.6) is 0 Å². The van der Waals surface area contributed by atoms with Crippen LogP contribution in [0.1, 0.15) is 58.9 Å². The number of nitrogens with two attached hydrogens (primary N) is 1. The highest BCUT2D eigenvalue weighted by Crippen LogP contribution is 2.65. The summed E-state index contributed by atoms with van der Waals surface area (Å²) in [6.07, 6.45) is 4.90. The smallest absolute Gasteiger partial charge is 0.137 e. The normalized spacial score (nSPS) is 31.9. The maximum atomic E-state index is 6.22. The number of hydrogen-bond acceptors (Lipinski definition) is 3. The molecule has 3 nitrogen and oxygen atoms in total. The van der Waals surface area contributed by atoms with Crippen LogP contribution >= 0.6 is 0 Å². The zero-order valence-electron chi connectivity index (χ0n) is 12.6. The maximum Gasteiger partial charge on any atom is 0.137 e. The molecule has 0 radical (unpaired) electrons. The summed E-state index contributed by atoms with van der Waals surface area (Å²) in [6, 6.07) is 4.29. The summed E-state index contributed by atoms with van der Waals surface area (Å²) < 4.78 is 5.61. The van der Waals surface area contributed by atoms with Gasteiger partial charge in [-0.2, -0.15) is 0 Å². The Morgan fingerprint density at radius 2 is 2.10 bits per heavy atom. The first-order valence-corrected chi connectivity index (χ1v) is 7.98. The molecule has 1 saturated carbocycles. The van der Waals surface area contributed by atoms with Gasteiger partial charge in [-0.15, -0.1) is 0 Å². The second kappa shape index (κ2) is 3.52. The molecule has 1 heterocycles. The van der Waals surface area contributed by atoms with E-state index in [2.05, 4.69) is 31.1 Å². The summed E-state index contributed by atoms with van der Waals surface area (Å²) in [7, 11) is 0. The molecule has 0 saturated heterocycles. The van der Waals surface area contributed by atoms with Crippen molar-refractivity contribution in [2.75, 3.05) is 5.73 Å². The molecule has 3 heteroatoms. The lowest BCUT2D eigenvalue weighted by Gasteiger charge is -2.53. The molecule has 108 valence electrons. The van der Waals surface area contributed by atoms with Crippen molar-refractivity contribution in [3.63, 3.8) is 0 Å². The predicted molar refractivity (Wildman–Crippen MR) is 81.4 cm³/mol. The summed E-state index contributed by atoms with van der Waals surface area (Å²) in [5.74, 6) is 2.44. The van der Waals surface area contributed by atoms with Crippen molar-refractivity contribution in [2.45, 2.75) is 50.9 Å². The highest BCUT2D eigenvalue weighted by Gasteiger charge is 2.59. The maximum absolute atomic E-state index is 6.22. The minimum Gasteiger partial charge on any atom is -0.399 e. The van der Waals surface area contributed by atoms with Crippen LogP contribution in [0.25, 0.3) is 0 Å². The van der Waals surface area contributed by atoms with Crippen LogP contribution in [0.15, 0.2) is 16.7 Å². The molecule has 2 N–H and O–H groups in total. The van der Waals surface area contributed by atoms with Crippen LogP contribution in [-0.2, 0) is 11.8 Å². The molecular formula is C18H20N2O. The van der Waals surface area contributed by atoms with Crippen molar-refractivity contribution in [2.24, 2.45) is 5.92 Å². The van der Waals surface area contributed by atoms with Crippen molar-refractivity contribution in [3.8, 4) is 0 Å². The van der Waals surface area contributed by atoms with E-state index >= 15 is 0 Å². The van der Waals surface area contributed by atoms with Crippen molar-refractivity contribution in [3.05, 3.63) is 45.8 Å². The first kappa shape index (κ1) is 11.8. The number of rotatable bonds is 0. The molecule has 1 atom stereocenters. The average Bonchev–Trinajstić information content (AvgIpc) is 2.98. The molecule has 0 unspecified atom stereocenters. The van der Waals surface area contributed by atoms with Crippen molar-refractivity contribution < 1.29 is 4.52 Å². The molecule has 2 aromatic rings. The topological polar surface area (TPSA) is 52.0 Å². The van der Waals surface area contributed by atoms with Gasteiger partial charge in [0.2, 0.25) is 0 Å². The van der Waals surface area contributed by atoms with Gasteiger partial charge in [0.05, 0.1) is 5.69 Å². The fraction of sp³-hybridized carbons (Fsp3) is 0.500. The van der Waals surface area contributed by atoms with Crippen LogP contribution in [-0.4, -0.2) is 5.16 Å². The molecule has 21 heavy (non-hydrogen) atoms. The van der Waals surface area contributed by atoms with E-state index in [1.54, 1.807) is 0 Å². The average molecular weight is 280 g/mol. The third kappa shape index (κ3) is 1.16. The van der Waals surface area contributed by atoms with Crippen molar-refractivity contribution in [1.29, 1.82) is 0 Å². The van der Waals surface area contributed by atoms with E-state index in [-0.39, 0.29) is 5.41 Å². The molecule has 6 rings (SSSR count). The van der Waals surface area contributed by atoms with E-state index in [0.717, 1.165) is 23.8 Å². The second-order valence-corrected chi connectivity index (χ2v) is 7.15. The van der Waals surface area contributed by atoms with Crippen LogP contribution in [0.2, 0.25) is 0 Å². The number of fused-ring (bicyclic) bond motifs is 1. The number of nitrogens with zero attached hydrogens (tertiary/aromatic N) is 1. The van der Waals surface area contributed by atoms with Gasteiger partial charge in [-0.1, -0.05) is 11.2 Å². The minimum absolute atomic E-state index is 0.0800. The monoisotopic (exact) mass is 280 g/mol. The van der Waals surface area contributed by atoms with E-state index in [1.165, 1.54) is 47.2 Å². The van der Waals surface area contributed by atoms with Crippen LogP contribution < -0.4 is 5.73 Å². The predicted octanol–water partition coefficient (Wildman–Crippen LogP) is 3.61. The fourth-order valence-corrected chi connectivity index (χ4v) is 5.35. The van der Waals surface area contributed by atoms with E-state index in [9.17, 15) is 0 Å². The summed E-state index contributed by atoms with van der Waals surface area (Å²) in [4.78, 5) is 0.